The number of nitrogens with zero attached hydrogens (tertiary/aromatic N) is 2. The maximum Gasteiger partial charge on any atom is 0.343 e. The van der Waals surface area contributed by atoms with Gasteiger partial charge in [0.15, 0.2) is 5.75 Å². The highest BCUT2D eigenvalue weighted by Gasteiger charge is 2.15. The van der Waals surface area contributed by atoms with Crippen molar-refractivity contribution in [3.8, 4) is 23.0 Å². The summed E-state index contributed by atoms with van der Waals surface area (Å²) < 4.78 is 23.0. The minimum absolute atomic E-state index is 0.0671. The summed E-state index contributed by atoms with van der Waals surface area (Å²) in [6.45, 7) is 5.93. The highest BCUT2D eigenvalue weighted by molar-refractivity contribution is 6.32. The third-order valence-electron chi connectivity index (χ3n) is 10.5. The van der Waals surface area contributed by atoms with Crippen molar-refractivity contribution >= 4 is 47.3 Å². The van der Waals surface area contributed by atoms with Crippen molar-refractivity contribution in [1.82, 2.24) is 0 Å². The topological polar surface area (TPSA) is 95.8 Å². The van der Waals surface area contributed by atoms with Crippen LogP contribution in [-0.4, -0.2) is 37.6 Å². The zero-order chi connectivity index (χ0) is 44.3. The van der Waals surface area contributed by atoms with E-state index in [1.54, 1.807) is 61.0 Å². The minimum Gasteiger partial charge on any atom is -0.494 e. The van der Waals surface area contributed by atoms with Crippen molar-refractivity contribution < 1.29 is 28.5 Å². The first-order valence-electron chi connectivity index (χ1n) is 22.9. The second-order valence-corrected chi connectivity index (χ2v) is 16.2. The van der Waals surface area contributed by atoms with Crippen molar-refractivity contribution in [2.75, 3.05) is 13.2 Å². The maximum atomic E-state index is 13.1. The van der Waals surface area contributed by atoms with Gasteiger partial charge >= 0.3 is 11.9 Å². The molecule has 0 aliphatic carbocycles. The van der Waals surface area contributed by atoms with E-state index in [2.05, 4.69) is 23.8 Å². The van der Waals surface area contributed by atoms with Crippen LogP contribution in [0.4, 0.5) is 11.4 Å². The summed E-state index contributed by atoms with van der Waals surface area (Å²) >= 11 is 6.36. The quantitative estimate of drug-likeness (QED) is 0.0215. The van der Waals surface area contributed by atoms with E-state index >= 15 is 0 Å². The molecule has 0 atom stereocenters. The molecule has 0 saturated heterocycles. The average molecular weight is 872 g/mol. The minimum atomic E-state index is -0.609. The molecule has 5 rings (SSSR count). The molecule has 0 spiro atoms. The Hall–Kier alpha value is -5.73. The van der Waals surface area contributed by atoms with Gasteiger partial charge in [0.05, 0.1) is 40.7 Å². The Kier molecular flexibility index (Phi) is 21.5. The standard InChI is InChI=1S/C54H63ClN2O6/c1-3-5-7-9-11-13-15-17-37-60-48-31-27-46(28-32-48)56-40-42-19-23-44(24-20-42)53(58)62-50-35-36-51(55)52(39-50)63-54(59)45-25-21-43(22-26-45)41-57-47-29-33-49(34-30-47)61-38-18-16-14-12-10-8-6-4-2/h19-36,39-41H,3-18,37-38H2,1-2H3. The second-order valence-electron chi connectivity index (χ2n) is 15.8. The number of halogens is 1. The lowest BCUT2D eigenvalue weighted by molar-refractivity contribution is 0.0732. The number of esters is 2. The fourth-order valence-electron chi connectivity index (χ4n) is 6.77. The lowest BCUT2D eigenvalue weighted by atomic mass is 10.1. The van der Waals surface area contributed by atoms with Gasteiger partial charge in [0.1, 0.15) is 17.2 Å². The van der Waals surface area contributed by atoms with E-state index in [-0.39, 0.29) is 16.5 Å². The van der Waals surface area contributed by atoms with Crippen molar-refractivity contribution in [2.24, 2.45) is 9.98 Å². The number of hydrogen-bond donors (Lipinski definition) is 0. The first-order chi connectivity index (χ1) is 30.9. The molecule has 0 aliphatic rings. The van der Waals surface area contributed by atoms with Crippen molar-refractivity contribution in [1.29, 1.82) is 0 Å². The molecular weight excluding hydrogens is 808 g/mol. The summed E-state index contributed by atoms with van der Waals surface area (Å²) in [6, 6.07) is 33.7. The number of ether oxygens (including phenoxy) is 4. The largest absolute Gasteiger partial charge is 0.494 e. The Bertz CT molecular complexity index is 2150. The molecule has 5 aromatic carbocycles. The zero-order valence-corrected chi connectivity index (χ0v) is 37.8. The van der Waals surface area contributed by atoms with Gasteiger partial charge in [0.2, 0.25) is 0 Å². The van der Waals surface area contributed by atoms with E-state index < -0.39 is 11.9 Å². The predicted molar refractivity (Wildman–Crippen MR) is 258 cm³/mol. The molecule has 63 heavy (non-hydrogen) atoms. The summed E-state index contributed by atoms with van der Waals surface area (Å²) in [6.07, 6.45) is 23.8. The Balaban J connectivity index is 1.02. The summed E-state index contributed by atoms with van der Waals surface area (Å²) in [7, 11) is 0. The molecule has 0 N–H and O–H groups in total. The fourth-order valence-corrected chi connectivity index (χ4v) is 6.92. The Labute approximate surface area is 379 Å². The molecule has 0 unspecified atom stereocenters. The SMILES string of the molecule is CCCCCCCCCCOc1ccc(N=Cc2ccc(C(=O)Oc3ccc(Cl)c(OC(=O)c4ccc(C=Nc5ccc(OCCCCCCCCCC)cc5)cc4)c3)cc2)cc1. The van der Waals surface area contributed by atoms with E-state index in [1.165, 1.54) is 108 Å². The smallest absolute Gasteiger partial charge is 0.343 e. The van der Waals surface area contributed by atoms with Crippen LogP contribution in [0.25, 0.3) is 0 Å². The molecular formula is C54H63ClN2O6. The first-order valence-corrected chi connectivity index (χ1v) is 23.3. The predicted octanol–water partition coefficient (Wildman–Crippen LogP) is 15.3. The molecule has 0 radical (unpaired) electrons. The van der Waals surface area contributed by atoms with E-state index in [1.807, 2.05) is 48.5 Å². The van der Waals surface area contributed by atoms with Crippen LogP contribution in [0.1, 0.15) is 148 Å². The van der Waals surface area contributed by atoms with Crippen LogP contribution < -0.4 is 18.9 Å². The maximum absolute atomic E-state index is 13.1. The highest BCUT2D eigenvalue weighted by Crippen LogP contribution is 2.30. The van der Waals surface area contributed by atoms with Crippen LogP contribution in [0.3, 0.4) is 0 Å². The van der Waals surface area contributed by atoms with E-state index in [0.29, 0.717) is 11.1 Å². The van der Waals surface area contributed by atoms with Gasteiger partial charge in [-0.05, 0) is 109 Å². The van der Waals surface area contributed by atoms with Crippen molar-refractivity contribution in [3.63, 3.8) is 0 Å². The lowest BCUT2D eigenvalue weighted by Gasteiger charge is -2.10. The number of unbranched alkanes of at least 4 members (excludes halogenated alkanes) is 14. The van der Waals surface area contributed by atoms with Crippen LogP contribution in [-0.2, 0) is 0 Å². The summed E-state index contributed by atoms with van der Waals surface area (Å²) in [4.78, 5) is 35.2. The molecule has 0 fully saturated rings. The third-order valence-corrected chi connectivity index (χ3v) is 10.9. The molecule has 0 saturated carbocycles. The highest BCUT2D eigenvalue weighted by atomic mass is 35.5. The molecule has 0 heterocycles. The molecule has 0 aromatic heterocycles. The molecule has 0 bridgehead atoms. The normalized spacial score (nSPS) is 11.3. The van der Waals surface area contributed by atoms with E-state index in [4.69, 9.17) is 30.5 Å². The molecule has 9 heteroatoms. The third kappa shape index (κ3) is 18.3. The van der Waals surface area contributed by atoms with Gasteiger partial charge in [0.25, 0.3) is 0 Å². The van der Waals surface area contributed by atoms with Gasteiger partial charge in [0, 0.05) is 18.5 Å². The second kappa shape index (κ2) is 28.1. The molecule has 5 aromatic rings. The van der Waals surface area contributed by atoms with Crippen LogP contribution in [0, 0.1) is 0 Å². The van der Waals surface area contributed by atoms with E-state index in [0.717, 1.165) is 60.1 Å². The van der Waals surface area contributed by atoms with Gasteiger partial charge in [-0.2, -0.15) is 0 Å². The average Bonchev–Trinajstić information content (AvgIpc) is 3.31. The Morgan fingerprint density at radius 2 is 0.841 bits per heavy atom. The molecule has 8 nitrogen and oxygen atoms in total. The van der Waals surface area contributed by atoms with Crippen LogP contribution >= 0.6 is 11.6 Å². The van der Waals surface area contributed by atoms with Crippen LogP contribution in [0.2, 0.25) is 5.02 Å². The number of carbonyl (C=O) groups excluding carboxylic acids is 2. The molecule has 0 aliphatic heterocycles. The van der Waals surface area contributed by atoms with Crippen LogP contribution in [0.15, 0.2) is 125 Å². The number of aliphatic imine (C=N–C) groups is 2. The number of rotatable bonds is 28. The summed E-state index contributed by atoms with van der Waals surface area (Å²) in [5, 5.41) is 0.195. The monoisotopic (exact) mass is 870 g/mol. The van der Waals surface area contributed by atoms with Crippen LogP contribution in [0.5, 0.6) is 23.0 Å². The summed E-state index contributed by atoms with van der Waals surface area (Å²) in [5.41, 5.74) is 3.89. The molecule has 0 amide bonds. The van der Waals surface area contributed by atoms with Gasteiger partial charge < -0.3 is 18.9 Å². The fraction of sp³-hybridized carbons (Fsp3) is 0.370. The lowest BCUT2D eigenvalue weighted by Crippen LogP contribution is -2.10. The number of benzene rings is 5. The first kappa shape index (κ1) is 48.3. The number of hydrogen-bond acceptors (Lipinski definition) is 8. The van der Waals surface area contributed by atoms with Gasteiger partial charge in [-0.15, -0.1) is 0 Å². The van der Waals surface area contributed by atoms with Gasteiger partial charge in [-0.25, -0.2) is 9.59 Å². The number of carbonyl (C=O) groups is 2. The van der Waals surface area contributed by atoms with Crippen molar-refractivity contribution in [3.05, 3.63) is 143 Å². The van der Waals surface area contributed by atoms with Gasteiger partial charge in [-0.1, -0.05) is 140 Å². The Morgan fingerprint density at radius 1 is 0.460 bits per heavy atom. The summed E-state index contributed by atoms with van der Waals surface area (Å²) in [5.74, 6) is 0.739. The van der Waals surface area contributed by atoms with E-state index in [9.17, 15) is 9.59 Å². The zero-order valence-electron chi connectivity index (χ0n) is 37.1. The molecule has 332 valence electrons. The Morgan fingerprint density at radius 3 is 1.27 bits per heavy atom. The van der Waals surface area contributed by atoms with Gasteiger partial charge in [-0.3, -0.25) is 9.98 Å². The van der Waals surface area contributed by atoms with Crippen molar-refractivity contribution in [2.45, 2.75) is 117 Å².